The quantitative estimate of drug-likeness (QED) is 0.309. The van der Waals surface area contributed by atoms with Crippen LogP contribution in [-0.2, 0) is 0 Å². The molecule has 0 amide bonds. The molecule has 1 heterocycles. The van der Waals surface area contributed by atoms with Crippen LogP contribution in [0.15, 0.2) is 63.0 Å². The highest BCUT2D eigenvalue weighted by molar-refractivity contribution is 9.10. The maximum Gasteiger partial charge on any atom is 0.262 e. The lowest BCUT2D eigenvalue weighted by Gasteiger charge is -2.20. The first-order valence-corrected chi connectivity index (χ1v) is 10.2. The highest BCUT2D eigenvalue weighted by Crippen LogP contribution is 2.26. The number of nitriles is 1. The first-order chi connectivity index (χ1) is 12.6. The van der Waals surface area contributed by atoms with E-state index in [9.17, 15) is 4.79 Å². The summed E-state index contributed by atoms with van der Waals surface area (Å²) in [6.45, 7) is 2.02. The van der Waals surface area contributed by atoms with Crippen LogP contribution in [0.1, 0.15) is 31.4 Å². The monoisotopic (exact) mass is 427 g/mol. The van der Waals surface area contributed by atoms with Crippen LogP contribution in [0, 0.1) is 11.3 Å². The van der Waals surface area contributed by atoms with Gasteiger partial charge in [0.1, 0.15) is 0 Å². The molecule has 26 heavy (non-hydrogen) atoms. The molecule has 0 N–H and O–H groups in total. The molecule has 4 nitrogen and oxygen atoms in total. The number of aromatic nitrogens is 2. The molecule has 1 atom stereocenters. The molecule has 0 aliphatic rings. The number of benzene rings is 2. The van der Waals surface area contributed by atoms with Crippen LogP contribution in [0.25, 0.3) is 10.9 Å². The van der Waals surface area contributed by atoms with Crippen molar-refractivity contribution in [3.8, 4) is 6.07 Å². The zero-order valence-electron chi connectivity index (χ0n) is 14.4. The molecule has 0 fully saturated rings. The van der Waals surface area contributed by atoms with Gasteiger partial charge in [-0.2, -0.15) is 5.26 Å². The maximum atomic E-state index is 13.2. The predicted octanol–water partition coefficient (Wildman–Crippen LogP) is 5.16. The molecule has 3 rings (SSSR count). The molecule has 0 saturated carbocycles. The summed E-state index contributed by atoms with van der Waals surface area (Å²) in [6.07, 6.45) is 1.28. The Morgan fingerprint density at radius 3 is 2.77 bits per heavy atom. The molecule has 0 spiro atoms. The average molecular weight is 428 g/mol. The highest BCUT2D eigenvalue weighted by atomic mass is 79.9. The molecule has 0 aliphatic carbocycles. The molecule has 2 aromatic carbocycles. The lowest BCUT2D eigenvalue weighted by atomic mass is 10.1. The Hall–Kier alpha value is -2.10. The van der Waals surface area contributed by atoms with E-state index >= 15 is 0 Å². The fourth-order valence-electron chi connectivity index (χ4n) is 2.79. The Labute approximate surface area is 165 Å². The molecule has 0 aliphatic heterocycles. The summed E-state index contributed by atoms with van der Waals surface area (Å²) in [7, 11) is 0. The lowest BCUT2D eigenvalue weighted by molar-refractivity contribution is 0.548. The van der Waals surface area contributed by atoms with Gasteiger partial charge in [0, 0.05) is 16.6 Å². The van der Waals surface area contributed by atoms with Gasteiger partial charge >= 0.3 is 0 Å². The Morgan fingerprint density at radius 2 is 2.04 bits per heavy atom. The van der Waals surface area contributed by atoms with E-state index in [1.165, 1.54) is 11.8 Å². The molecule has 6 heteroatoms. The number of thioether (sulfide) groups is 1. The summed E-state index contributed by atoms with van der Waals surface area (Å²) >= 11 is 4.97. The van der Waals surface area contributed by atoms with E-state index in [4.69, 9.17) is 10.2 Å². The second-order valence-electron chi connectivity index (χ2n) is 5.93. The van der Waals surface area contributed by atoms with Crippen molar-refractivity contribution in [2.45, 2.75) is 31.0 Å². The summed E-state index contributed by atoms with van der Waals surface area (Å²) in [4.78, 5) is 18.0. The van der Waals surface area contributed by atoms with Gasteiger partial charge < -0.3 is 0 Å². The van der Waals surface area contributed by atoms with Crippen molar-refractivity contribution in [1.82, 2.24) is 9.55 Å². The van der Waals surface area contributed by atoms with Crippen LogP contribution in [0.3, 0.4) is 0 Å². The molecule has 132 valence electrons. The number of halogens is 1. The van der Waals surface area contributed by atoms with Crippen LogP contribution in [0.4, 0.5) is 0 Å². The number of unbranched alkanes of at least 4 members (excludes halogenated alkanes) is 1. The molecule has 1 unspecified atom stereocenters. The second-order valence-corrected chi connectivity index (χ2v) is 7.91. The zero-order chi connectivity index (χ0) is 18.5. The van der Waals surface area contributed by atoms with E-state index in [-0.39, 0.29) is 11.6 Å². The first-order valence-electron chi connectivity index (χ1n) is 8.38. The fraction of sp³-hybridized carbons (Fsp3) is 0.250. The minimum atomic E-state index is -0.127. The first kappa shape index (κ1) is 18.7. The number of rotatable bonds is 6. The van der Waals surface area contributed by atoms with Gasteiger partial charge in [-0.15, -0.1) is 0 Å². The predicted molar refractivity (Wildman–Crippen MR) is 110 cm³/mol. The minimum Gasteiger partial charge on any atom is -0.280 e. The Kier molecular flexibility index (Phi) is 6.12. The van der Waals surface area contributed by atoms with Gasteiger partial charge in [-0.1, -0.05) is 58.0 Å². The third-order valence-corrected chi connectivity index (χ3v) is 5.70. The van der Waals surface area contributed by atoms with E-state index < -0.39 is 0 Å². The van der Waals surface area contributed by atoms with Gasteiger partial charge in [-0.3, -0.25) is 9.36 Å². The highest BCUT2D eigenvalue weighted by Gasteiger charge is 2.18. The molecular weight excluding hydrogens is 410 g/mol. The van der Waals surface area contributed by atoms with Gasteiger partial charge in [0.25, 0.3) is 5.56 Å². The van der Waals surface area contributed by atoms with E-state index in [1.807, 2.05) is 55.5 Å². The van der Waals surface area contributed by atoms with Crippen LogP contribution < -0.4 is 5.56 Å². The summed E-state index contributed by atoms with van der Waals surface area (Å²) < 4.78 is 2.62. The Bertz CT molecular complexity index is 1010. The van der Waals surface area contributed by atoms with Crippen LogP contribution in [0.5, 0.6) is 0 Å². The van der Waals surface area contributed by atoms with E-state index in [0.29, 0.717) is 22.5 Å². The molecule has 0 saturated heterocycles. The lowest BCUT2D eigenvalue weighted by Crippen LogP contribution is -2.27. The van der Waals surface area contributed by atoms with E-state index in [2.05, 4.69) is 22.0 Å². The SMILES string of the molecule is CC(c1ccccc1)n1c(SCCCC#N)nc2ccc(Br)cc2c1=O. The third kappa shape index (κ3) is 4.00. The molecule has 0 radical (unpaired) electrons. The van der Waals surface area contributed by atoms with Crippen LogP contribution in [-0.4, -0.2) is 15.3 Å². The topological polar surface area (TPSA) is 58.7 Å². The maximum absolute atomic E-state index is 13.2. The number of nitrogens with zero attached hydrogens (tertiary/aromatic N) is 3. The van der Waals surface area contributed by atoms with Gasteiger partial charge in [0.05, 0.1) is 23.0 Å². The molecule has 1 aromatic heterocycles. The van der Waals surface area contributed by atoms with Crippen LogP contribution >= 0.6 is 27.7 Å². The zero-order valence-corrected chi connectivity index (χ0v) is 16.8. The second kappa shape index (κ2) is 8.52. The summed E-state index contributed by atoms with van der Waals surface area (Å²) in [6, 6.07) is 17.6. The van der Waals surface area contributed by atoms with E-state index in [0.717, 1.165) is 22.2 Å². The molecular formula is C20H18BrN3OS. The number of hydrogen-bond donors (Lipinski definition) is 0. The molecule has 0 bridgehead atoms. The fourth-order valence-corrected chi connectivity index (χ4v) is 4.16. The van der Waals surface area contributed by atoms with Gasteiger partial charge in [-0.25, -0.2) is 4.98 Å². The van der Waals surface area contributed by atoms with Crippen molar-refractivity contribution in [3.05, 3.63) is 68.9 Å². The Morgan fingerprint density at radius 1 is 1.27 bits per heavy atom. The normalized spacial score (nSPS) is 12.0. The number of fused-ring (bicyclic) bond motifs is 1. The Balaban J connectivity index is 2.12. The summed E-state index contributed by atoms with van der Waals surface area (Å²) in [5.74, 6) is 0.754. The summed E-state index contributed by atoms with van der Waals surface area (Å²) in [5.41, 5.74) is 1.71. The standard InChI is InChI=1S/C20H18BrN3OS/c1-14(15-7-3-2-4-8-15)24-19(25)17-13-16(21)9-10-18(17)23-20(24)26-12-6-5-11-22/h2-4,7-10,13-14H,5-6,12H2,1H3. The van der Waals surface area contributed by atoms with Crippen molar-refractivity contribution in [1.29, 1.82) is 5.26 Å². The van der Waals surface area contributed by atoms with E-state index in [1.54, 1.807) is 4.57 Å². The number of hydrogen-bond acceptors (Lipinski definition) is 4. The average Bonchev–Trinajstić information content (AvgIpc) is 2.66. The van der Waals surface area contributed by atoms with Gasteiger partial charge in [0.2, 0.25) is 0 Å². The summed E-state index contributed by atoms with van der Waals surface area (Å²) in [5, 5.41) is 10.0. The largest absolute Gasteiger partial charge is 0.280 e. The smallest absolute Gasteiger partial charge is 0.262 e. The van der Waals surface area contributed by atoms with Crippen molar-refractivity contribution < 1.29 is 0 Å². The molecule has 3 aromatic rings. The van der Waals surface area contributed by atoms with Crippen molar-refractivity contribution in [2.75, 3.05) is 5.75 Å². The van der Waals surface area contributed by atoms with Gasteiger partial charge in [-0.05, 0) is 37.1 Å². The van der Waals surface area contributed by atoms with Crippen molar-refractivity contribution >= 4 is 38.6 Å². The van der Waals surface area contributed by atoms with Crippen molar-refractivity contribution in [3.63, 3.8) is 0 Å². The minimum absolute atomic E-state index is 0.0459. The van der Waals surface area contributed by atoms with Crippen LogP contribution in [0.2, 0.25) is 0 Å². The van der Waals surface area contributed by atoms with Gasteiger partial charge in [0.15, 0.2) is 5.16 Å². The van der Waals surface area contributed by atoms with Crippen molar-refractivity contribution in [2.24, 2.45) is 0 Å². The third-order valence-electron chi connectivity index (χ3n) is 4.16.